The Morgan fingerprint density at radius 2 is 2.05 bits per heavy atom. The van der Waals surface area contributed by atoms with E-state index in [-0.39, 0.29) is 17.3 Å². The Labute approximate surface area is 129 Å². The van der Waals surface area contributed by atoms with Gasteiger partial charge in [0.05, 0.1) is 11.6 Å². The van der Waals surface area contributed by atoms with Gasteiger partial charge in [0.15, 0.2) is 0 Å². The van der Waals surface area contributed by atoms with Gasteiger partial charge in [-0.15, -0.1) is 0 Å². The first kappa shape index (κ1) is 15.8. The van der Waals surface area contributed by atoms with Gasteiger partial charge in [-0.3, -0.25) is 0 Å². The molecule has 0 heterocycles. The van der Waals surface area contributed by atoms with Crippen molar-refractivity contribution in [2.75, 3.05) is 14.2 Å². The second-order valence-electron chi connectivity index (χ2n) is 5.65. The van der Waals surface area contributed by atoms with Gasteiger partial charge in [-0.05, 0) is 53.7 Å². The molecule has 1 saturated carbocycles. The molecule has 2 rings (SSSR count). The minimum absolute atomic E-state index is 0.196. The SMILES string of the molecule is CCC1(C(NC)c2cc(Br)c(F)cc2OC)CCCC1. The van der Waals surface area contributed by atoms with Crippen LogP contribution in [0.25, 0.3) is 0 Å². The molecule has 0 aromatic heterocycles. The first-order valence-corrected chi connectivity index (χ1v) is 8.07. The molecule has 112 valence electrons. The number of rotatable bonds is 5. The molecule has 2 nitrogen and oxygen atoms in total. The zero-order chi connectivity index (χ0) is 14.8. The molecule has 0 saturated heterocycles. The third kappa shape index (κ3) is 2.73. The van der Waals surface area contributed by atoms with Crippen LogP contribution in [0.3, 0.4) is 0 Å². The number of halogens is 2. The Bertz CT molecular complexity index is 472. The maximum atomic E-state index is 13.7. The molecule has 1 aromatic rings. The van der Waals surface area contributed by atoms with Crippen molar-refractivity contribution in [3.8, 4) is 5.75 Å². The highest BCUT2D eigenvalue weighted by Crippen LogP contribution is 2.51. The van der Waals surface area contributed by atoms with E-state index in [1.807, 2.05) is 13.1 Å². The van der Waals surface area contributed by atoms with Crippen molar-refractivity contribution >= 4 is 15.9 Å². The van der Waals surface area contributed by atoms with E-state index in [1.165, 1.54) is 31.7 Å². The standard InChI is InChI=1S/C16H23BrFNO/c1-4-16(7-5-6-8-16)15(19-2)11-9-12(17)13(18)10-14(11)20-3/h9-10,15,19H,4-8H2,1-3H3. The summed E-state index contributed by atoms with van der Waals surface area (Å²) < 4.78 is 19.6. The van der Waals surface area contributed by atoms with Gasteiger partial charge in [0.1, 0.15) is 11.6 Å². The lowest BCUT2D eigenvalue weighted by Gasteiger charge is -2.38. The summed E-state index contributed by atoms with van der Waals surface area (Å²) in [6.07, 6.45) is 6.10. The topological polar surface area (TPSA) is 21.3 Å². The van der Waals surface area contributed by atoms with Crippen molar-refractivity contribution in [2.45, 2.75) is 45.1 Å². The molecule has 1 aliphatic carbocycles. The van der Waals surface area contributed by atoms with Gasteiger partial charge in [0.25, 0.3) is 0 Å². The summed E-state index contributed by atoms with van der Waals surface area (Å²) >= 11 is 3.30. The summed E-state index contributed by atoms with van der Waals surface area (Å²) in [6, 6.07) is 3.54. The fraction of sp³-hybridized carbons (Fsp3) is 0.625. The van der Waals surface area contributed by atoms with Crippen LogP contribution in [-0.4, -0.2) is 14.2 Å². The van der Waals surface area contributed by atoms with Gasteiger partial charge >= 0.3 is 0 Å². The summed E-state index contributed by atoms with van der Waals surface area (Å²) in [4.78, 5) is 0. The molecule has 0 radical (unpaired) electrons. The van der Waals surface area contributed by atoms with Gasteiger partial charge < -0.3 is 10.1 Å². The smallest absolute Gasteiger partial charge is 0.141 e. The maximum Gasteiger partial charge on any atom is 0.141 e. The molecule has 0 bridgehead atoms. The van der Waals surface area contributed by atoms with E-state index in [9.17, 15) is 4.39 Å². The average Bonchev–Trinajstić information content (AvgIpc) is 2.93. The van der Waals surface area contributed by atoms with Crippen LogP contribution in [0, 0.1) is 11.2 Å². The van der Waals surface area contributed by atoms with Crippen LogP contribution < -0.4 is 10.1 Å². The van der Waals surface area contributed by atoms with E-state index in [0.29, 0.717) is 10.2 Å². The van der Waals surface area contributed by atoms with E-state index in [4.69, 9.17) is 4.74 Å². The highest BCUT2D eigenvalue weighted by atomic mass is 79.9. The lowest BCUT2D eigenvalue weighted by molar-refractivity contribution is 0.191. The lowest BCUT2D eigenvalue weighted by Crippen LogP contribution is -2.34. The Morgan fingerprint density at radius 1 is 1.40 bits per heavy atom. The number of hydrogen-bond acceptors (Lipinski definition) is 2. The predicted molar refractivity (Wildman–Crippen MR) is 83.6 cm³/mol. The van der Waals surface area contributed by atoms with E-state index >= 15 is 0 Å². The highest BCUT2D eigenvalue weighted by molar-refractivity contribution is 9.10. The molecule has 0 amide bonds. The van der Waals surface area contributed by atoms with Gasteiger partial charge in [0, 0.05) is 17.7 Å². The summed E-state index contributed by atoms with van der Waals surface area (Å²) in [5, 5.41) is 3.45. The van der Waals surface area contributed by atoms with Crippen LogP contribution in [0.5, 0.6) is 5.75 Å². The van der Waals surface area contributed by atoms with Gasteiger partial charge in [-0.25, -0.2) is 4.39 Å². The Balaban J connectivity index is 2.48. The van der Waals surface area contributed by atoms with Crippen LogP contribution in [0.4, 0.5) is 4.39 Å². The number of benzene rings is 1. The lowest BCUT2D eigenvalue weighted by atomic mass is 9.73. The van der Waals surface area contributed by atoms with Gasteiger partial charge in [0.2, 0.25) is 0 Å². The Hall–Kier alpha value is -0.610. The Morgan fingerprint density at radius 3 is 2.55 bits per heavy atom. The largest absolute Gasteiger partial charge is 0.496 e. The minimum atomic E-state index is -0.280. The second-order valence-corrected chi connectivity index (χ2v) is 6.51. The van der Waals surface area contributed by atoms with Crippen molar-refractivity contribution < 1.29 is 9.13 Å². The number of hydrogen-bond donors (Lipinski definition) is 1. The van der Waals surface area contributed by atoms with Crippen LogP contribution in [0.2, 0.25) is 0 Å². The summed E-state index contributed by atoms with van der Waals surface area (Å²) in [5.41, 5.74) is 1.30. The molecule has 4 heteroatoms. The van der Waals surface area contributed by atoms with Crippen molar-refractivity contribution in [3.05, 3.63) is 28.0 Å². The number of methoxy groups -OCH3 is 1. The molecule has 1 fully saturated rings. The number of nitrogens with one attached hydrogen (secondary N) is 1. The van der Waals surface area contributed by atoms with Crippen LogP contribution >= 0.6 is 15.9 Å². The maximum absolute atomic E-state index is 13.7. The van der Waals surface area contributed by atoms with Crippen LogP contribution in [-0.2, 0) is 0 Å². The number of ether oxygens (including phenoxy) is 1. The van der Waals surface area contributed by atoms with E-state index < -0.39 is 0 Å². The predicted octanol–water partition coefficient (Wildman–Crippen LogP) is 4.83. The van der Waals surface area contributed by atoms with Gasteiger partial charge in [-0.2, -0.15) is 0 Å². The summed E-state index contributed by atoms with van der Waals surface area (Å²) in [6.45, 7) is 2.25. The Kier molecular flexibility index (Phi) is 5.08. The molecule has 1 unspecified atom stereocenters. The first-order valence-electron chi connectivity index (χ1n) is 7.28. The van der Waals surface area contributed by atoms with Crippen molar-refractivity contribution in [3.63, 3.8) is 0 Å². The fourth-order valence-electron chi connectivity index (χ4n) is 3.66. The van der Waals surface area contributed by atoms with Crippen LogP contribution in [0.1, 0.15) is 50.6 Å². The van der Waals surface area contributed by atoms with Crippen molar-refractivity contribution in [1.82, 2.24) is 5.32 Å². The van der Waals surface area contributed by atoms with Gasteiger partial charge in [-0.1, -0.05) is 19.8 Å². The molecule has 1 aromatic carbocycles. The minimum Gasteiger partial charge on any atom is -0.496 e. The second kappa shape index (κ2) is 6.44. The molecule has 1 atom stereocenters. The zero-order valence-electron chi connectivity index (χ0n) is 12.4. The quantitative estimate of drug-likeness (QED) is 0.826. The van der Waals surface area contributed by atoms with Crippen molar-refractivity contribution in [2.24, 2.45) is 5.41 Å². The molecular formula is C16H23BrFNO. The summed E-state index contributed by atoms with van der Waals surface area (Å²) in [5.74, 6) is 0.349. The van der Waals surface area contributed by atoms with Crippen molar-refractivity contribution in [1.29, 1.82) is 0 Å². The van der Waals surface area contributed by atoms with Crippen LogP contribution in [0.15, 0.2) is 16.6 Å². The third-order valence-corrected chi connectivity index (χ3v) is 5.40. The highest BCUT2D eigenvalue weighted by Gasteiger charge is 2.41. The molecule has 0 aliphatic heterocycles. The molecule has 1 aliphatic rings. The average molecular weight is 344 g/mol. The van der Waals surface area contributed by atoms with E-state index in [2.05, 4.69) is 28.2 Å². The molecular weight excluding hydrogens is 321 g/mol. The molecule has 0 spiro atoms. The first-order chi connectivity index (χ1) is 9.57. The molecule has 20 heavy (non-hydrogen) atoms. The normalized spacial score (nSPS) is 19.1. The van der Waals surface area contributed by atoms with E-state index in [0.717, 1.165) is 12.0 Å². The zero-order valence-corrected chi connectivity index (χ0v) is 14.0. The third-order valence-electron chi connectivity index (χ3n) is 4.79. The van der Waals surface area contributed by atoms with E-state index in [1.54, 1.807) is 7.11 Å². The fourth-order valence-corrected chi connectivity index (χ4v) is 4.02. The molecule has 1 N–H and O–H groups in total. The monoisotopic (exact) mass is 343 g/mol. The summed E-state index contributed by atoms with van der Waals surface area (Å²) in [7, 11) is 3.59.